The molecule has 1 N–H and O–H groups in total. The fourth-order valence-corrected chi connectivity index (χ4v) is 6.96. The molecule has 186 valence electrons. The van der Waals surface area contributed by atoms with Crippen LogP contribution in [-0.2, 0) is 21.9 Å². The lowest BCUT2D eigenvalue weighted by molar-refractivity contribution is -0.126. The van der Waals surface area contributed by atoms with Crippen molar-refractivity contribution in [2.75, 3.05) is 13.1 Å². The van der Waals surface area contributed by atoms with Crippen LogP contribution in [0.2, 0.25) is 0 Å². The molecule has 1 aliphatic heterocycles. The van der Waals surface area contributed by atoms with Crippen molar-refractivity contribution in [1.29, 1.82) is 0 Å². The Kier molecular flexibility index (Phi) is 7.15. The van der Waals surface area contributed by atoms with Gasteiger partial charge in [0.1, 0.15) is 11.9 Å². The Morgan fingerprint density at radius 2 is 1.63 bits per heavy atom. The lowest BCUT2D eigenvalue weighted by Crippen LogP contribution is -2.44. The van der Waals surface area contributed by atoms with E-state index in [-0.39, 0.29) is 17.9 Å². The largest absolute Gasteiger partial charge is 0.342 e. The second-order valence-corrected chi connectivity index (χ2v) is 11.4. The summed E-state index contributed by atoms with van der Waals surface area (Å²) in [5, 5.41) is 3.17. The summed E-state index contributed by atoms with van der Waals surface area (Å²) in [6.45, 7) is 8.28. The number of amides is 1. The van der Waals surface area contributed by atoms with E-state index in [1.165, 1.54) is 0 Å². The molecule has 0 saturated carbocycles. The summed E-state index contributed by atoms with van der Waals surface area (Å²) in [6, 6.07) is 11.4. The molecule has 0 radical (unpaired) electrons. The van der Waals surface area contributed by atoms with E-state index in [4.69, 9.17) is 0 Å². The van der Waals surface area contributed by atoms with E-state index in [0.29, 0.717) is 30.8 Å². The summed E-state index contributed by atoms with van der Waals surface area (Å²) in [4.78, 5) is 18.2. The van der Waals surface area contributed by atoms with Crippen molar-refractivity contribution in [3.05, 3.63) is 82.4 Å². The highest BCUT2D eigenvalue weighted by Gasteiger charge is 2.35. The zero-order chi connectivity index (χ0) is 25.3. The molecule has 0 bridgehead atoms. The summed E-state index contributed by atoms with van der Waals surface area (Å²) in [6.07, 6.45) is 4.54. The smallest absolute Gasteiger partial charge is 0.243 e. The Hall–Kier alpha value is -2.97. The Morgan fingerprint density at radius 1 is 1.03 bits per heavy atom. The average molecular weight is 495 g/mol. The number of carbonyl (C=O) groups is 1. The van der Waals surface area contributed by atoms with Crippen LogP contribution in [0.5, 0.6) is 0 Å². The van der Waals surface area contributed by atoms with Gasteiger partial charge in [0, 0.05) is 38.4 Å². The van der Waals surface area contributed by atoms with Gasteiger partial charge in [-0.15, -0.1) is 0 Å². The third-order valence-corrected chi connectivity index (χ3v) is 9.43. The summed E-state index contributed by atoms with van der Waals surface area (Å²) in [5.74, 6) is 0.428. The van der Waals surface area contributed by atoms with Gasteiger partial charge in [-0.1, -0.05) is 36.4 Å². The van der Waals surface area contributed by atoms with Crippen molar-refractivity contribution in [2.24, 2.45) is 13.0 Å². The number of nitrogens with zero attached hydrogens (tertiary/aromatic N) is 3. The van der Waals surface area contributed by atoms with Crippen LogP contribution in [0.25, 0.3) is 0 Å². The number of aryl methyl sites for hydroxylation is 3. The van der Waals surface area contributed by atoms with Crippen LogP contribution in [0.4, 0.5) is 0 Å². The van der Waals surface area contributed by atoms with Gasteiger partial charge < -0.3 is 9.88 Å². The number of sulfonamides is 1. The topological polar surface area (TPSA) is 84.3 Å². The van der Waals surface area contributed by atoms with E-state index in [1.807, 2.05) is 81.9 Å². The van der Waals surface area contributed by atoms with E-state index in [1.54, 1.807) is 10.5 Å². The number of aromatic nitrogens is 2. The van der Waals surface area contributed by atoms with Crippen molar-refractivity contribution < 1.29 is 13.2 Å². The number of imidazole rings is 1. The van der Waals surface area contributed by atoms with Crippen molar-refractivity contribution in [2.45, 2.75) is 51.5 Å². The summed E-state index contributed by atoms with van der Waals surface area (Å²) in [5.41, 5.74) is 4.50. The SMILES string of the molecule is Cc1cc(C)c(C)c(S(=O)(=O)N2CCC(C(=O)N[C@H](c3ccccc3)c3nccn3C)CC2)c1C. The summed E-state index contributed by atoms with van der Waals surface area (Å²) >= 11 is 0. The standard InChI is InChI=1S/C27H34N4O3S/c1-18-17-19(2)21(4)25(20(18)3)35(33,34)31-14-11-23(12-15-31)27(32)29-24(22-9-7-6-8-10-22)26-28-13-16-30(26)5/h6-10,13,16-17,23-24H,11-12,14-15H2,1-5H3,(H,29,32)/t24-/m1/s1. The van der Waals surface area contributed by atoms with Crippen molar-refractivity contribution in [3.63, 3.8) is 0 Å². The molecule has 1 amide bonds. The summed E-state index contributed by atoms with van der Waals surface area (Å²) in [7, 11) is -1.73. The second kappa shape index (κ2) is 9.95. The number of carbonyl (C=O) groups excluding carboxylic acids is 1. The molecule has 1 saturated heterocycles. The number of hydrogen-bond donors (Lipinski definition) is 1. The van der Waals surface area contributed by atoms with Crippen LogP contribution in [0.1, 0.15) is 52.5 Å². The van der Waals surface area contributed by atoms with Gasteiger partial charge in [-0.25, -0.2) is 13.4 Å². The van der Waals surface area contributed by atoms with E-state index in [0.717, 1.165) is 33.6 Å². The molecule has 3 aromatic rings. The molecule has 2 aromatic carbocycles. The van der Waals surface area contributed by atoms with E-state index < -0.39 is 10.0 Å². The van der Waals surface area contributed by atoms with Crippen molar-refractivity contribution >= 4 is 15.9 Å². The molecule has 2 heterocycles. The molecule has 1 fully saturated rings. The monoisotopic (exact) mass is 494 g/mol. The van der Waals surface area contributed by atoms with Gasteiger partial charge in [0.05, 0.1) is 4.90 Å². The maximum absolute atomic E-state index is 13.6. The molecule has 0 aliphatic carbocycles. The number of benzene rings is 2. The molecule has 1 atom stereocenters. The minimum absolute atomic E-state index is 0.0716. The second-order valence-electron chi connectivity index (χ2n) is 9.52. The van der Waals surface area contributed by atoms with Crippen molar-refractivity contribution in [1.82, 2.24) is 19.2 Å². The zero-order valence-electron chi connectivity index (χ0n) is 21.1. The number of piperidine rings is 1. The van der Waals surface area contributed by atoms with E-state index >= 15 is 0 Å². The molecule has 35 heavy (non-hydrogen) atoms. The Labute approximate surface area is 208 Å². The van der Waals surface area contributed by atoms with Gasteiger partial charge in [-0.3, -0.25) is 4.79 Å². The fraction of sp³-hybridized carbons (Fsp3) is 0.407. The van der Waals surface area contributed by atoms with Gasteiger partial charge in [0.2, 0.25) is 15.9 Å². The first-order chi connectivity index (χ1) is 16.6. The number of rotatable bonds is 6. The highest BCUT2D eigenvalue weighted by atomic mass is 32.2. The van der Waals surface area contributed by atoms with E-state index in [2.05, 4.69) is 10.3 Å². The van der Waals surface area contributed by atoms with E-state index in [9.17, 15) is 13.2 Å². The minimum atomic E-state index is -3.64. The Bertz CT molecular complexity index is 1300. The van der Waals surface area contributed by atoms with Gasteiger partial charge >= 0.3 is 0 Å². The average Bonchev–Trinajstić information content (AvgIpc) is 3.27. The van der Waals surface area contributed by atoms with Gasteiger partial charge in [-0.2, -0.15) is 4.31 Å². The molecule has 1 aromatic heterocycles. The Balaban J connectivity index is 1.50. The lowest BCUT2D eigenvalue weighted by Gasteiger charge is -2.32. The molecular formula is C27H34N4O3S. The molecule has 1 aliphatic rings. The predicted octanol–water partition coefficient (Wildman–Crippen LogP) is 3.96. The highest BCUT2D eigenvalue weighted by Crippen LogP contribution is 2.31. The first kappa shape index (κ1) is 25.1. The normalized spacial score (nSPS) is 16.3. The molecule has 0 unspecified atom stereocenters. The number of hydrogen-bond acceptors (Lipinski definition) is 4. The maximum atomic E-state index is 13.6. The molecule has 8 heteroatoms. The van der Waals surface area contributed by atoms with Crippen LogP contribution in [0.3, 0.4) is 0 Å². The molecule has 4 rings (SSSR count). The Morgan fingerprint density at radius 3 is 2.17 bits per heavy atom. The zero-order valence-corrected chi connectivity index (χ0v) is 21.9. The predicted molar refractivity (Wildman–Crippen MR) is 137 cm³/mol. The lowest BCUT2D eigenvalue weighted by atomic mass is 9.96. The first-order valence-electron chi connectivity index (χ1n) is 12.0. The quantitative estimate of drug-likeness (QED) is 0.562. The summed E-state index contributed by atoms with van der Waals surface area (Å²) < 4.78 is 30.6. The van der Waals surface area contributed by atoms with Gasteiger partial charge in [-0.05, 0) is 68.4 Å². The van der Waals surface area contributed by atoms with Crippen LogP contribution in [-0.4, -0.2) is 41.3 Å². The van der Waals surface area contributed by atoms with Crippen molar-refractivity contribution in [3.8, 4) is 0 Å². The maximum Gasteiger partial charge on any atom is 0.243 e. The van der Waals surface area contributed by atoms with Crippen LogP contribution in [0.15, 0.2) is 53.7 Å². The van der Waals surface area contributed by atoms with Crippen LogP contribution >= 0.6 is 0 Å². The third-order valence-electron chi connectivity index (χ3n) is 7.26. The molecule has 7 nitrogen and oxygen atoms in total. The molecular weight excluding hydrogens is 460 g/mol. The third kappa shape index (κ3) is 4.90. The van der Waals surface area contributed by atoms with Gasteiger partial charge in [0.25, 0.3) is 0 Å². The van der Waals surface area contributed by atoms with Crippen LogP contribution in [0, 0.1) is 33.6 Å². The minimum Gasteiger partial charge on any atom is -0.342 e. The first-order valence-corrected chi connectivity index (χ1v) is 13.5. The number of nitrogens with one attached hydrogen (secondary N) is 1. The molecule has 0 spiro atoms. The highest BCUT2D eigenvalue weighted by molar-refractivity contribution is 7.89. The van der Waals surface area contributed by atoms with Gasteiger partial charge in [0.15, 0.2) is 0 Å². The fourth-order valence-electron chi connectivity index (χ4n) is 4.91. The van der Waals surface area contributed by atoms with Crippen LogP contribution < -0.4 is 5.32 Å².